The van der Waals surface area contributed by atoms with Crippen LogP contribution in [0.3, 0.4) is 0 Å². The first-order valence-electron chi connectivity index (χ1n) is 5.05. The average Bonchev–Trinajstić information content (AvgIpc) is 2.06. The Morgan fingerprint density at radius 1 is 1.25 bits per heavy atom. The van der Waals surface area contributed by atoms with Crippen LogP contribution >= 0.6 is 0 Å². The van der Waals surface area contributed by atoms with Gasteiger partial charge in [-0.25, -0.2) is 0 Å². The molecule has 0 fully saturated rings. The smallest absolute Gasteiger partial charge is 0.120 e. The molecule has 0 saturated heterocycles. The maximum atomic E-state index is 9.29. The topological polar surface area (TPSA) is 84.7 Å². The first-order chi connectivity index (χ1) is 6.89. The summed E-state index contributed by atoms with van der Waals surface area (Å²) in [4.78, 5) is 0. The molecule has 0 aliphatic carbocycles. The first kappa shape index (κ1) is 14.7. The molecule has 16 heavy (non-hydrogen) atoms. The van der Waals surface area contributed by atoms with Crippen molar-refractivity contribution in [2.45, 2.75) is 38.9 Å². The van der Waals surface area contributed by atoms with Crippen molar-refractivity contribution < 1.29 is 14.9 Å². The van der Waals surface area contributed by atoms with Gasteiger partial charge in [0.25, 0.3) is 0 Å². The van der Waals surface area contributed by atoms with Gasteiger partial charge in [-0.1, -0.05) is 0 Å². The van der Waals surface area contributed by atoms with E-state index in [4.69, 9.17) is 9.84 Å². The maximum absolute atomic E-state index is 9.29. The van der Waals surface area contributed by atoms with Crippen molar-refractivity contribution in [1.82, 2.24) is 6.15 Å². The van der Waals surface area contributed by atoms with Gasteiger partial charge in [-0.15, -0.1) is 0 Å². The molecule has 0 saturated carbocycles. The fourth-order valence-electron chi connectivity index (χ4n) is 1.59. The number of benzene rings is 1. The SMILES string of the molecule is CC(O)CC(C)(C)Oc1ccc(O)cc1.N. The molecule has 0 amide bonds. The van der Waals surface area contributed by atoms with Gasteiger partial charge in [-0.2, -0.15) is 0 Å². The molecule has 92 valence electrons. The number of hydrogen-bond acceptors (Lipinski definition) is 4. The molecule has 0 aliphatic heterocycles. The second kappa shape index (κ2) is 5.72. The summed E-state index contributed by atoms with van der Waals surface area (Å²) in [6, 6.07) is 6.57. The van der Waals surface area contributed by atoms with Crippen LogP contribution in [-0.2, 0) is 0 Å². The predicted molar refractivity (Wildman–Crippen MR) is 64.1 cm³/mol. The Labute approximate surface area is 96.5 Å². The van der Waals surface area contributed by atoms with Crippen molar-refractivity contribution in [2.75, 3.05) is 0 Å². The lowest BCUT2D eigenvalue weighted by Crippen LogP contribution is -2.32. The Morgan fingerprint density at radius 3 is 2.19 bits per heavy atom. The van der Waals surface area contributed by atoms with Crippen LogP contribution in [0.25, 0.3) is 0 Å². The second-order valence-electron chi connectivity index (χ2n) is 4.41. The van der Waals surface area contributed by atoms with Crippen LogP contribution in [0.1, 0.15) is 27.2 Å². The molecular formula is C12H21NO3. The van der Waals surface area contributed by atoms with Gasteiger partial charge in [-0.3, -0.25) is 0 Å². The van der Waals surface area contributed by atoms with Crippen LogP contribution in [0.5, 0.6) is 11.5 Å². The molecular weight excluding hydrogens is 206 g/mol. The van der Waals surface area contributed by atoms with Gasteiger partial charge < -0.3 is 21.1 Å². The molecule has 4 heteroatoms. The number of hydrogen-bond donors (Lipinski definition) is 3. The van der Waals surface area contributed by atoms with E-state index in [2.05, 4.69) is 0 Å². The van der Waals surface area contributed by atoms with E-state index in [0.29, 0.717) is 12.2 Å². The van der Waals surface area contributed by atoms with Gasteiger partial charge in [0.05, 0.1) is 6.10 Å². The van der Waals surface area contributed by atoms with E-state index in [9.17, 15) is 5.11 Å². The normalized spacial score (nSPS) is 12.8. The first-order valence-corrected chi connectivity index (χ1v) is 5.05. The minimum atomic E-state index is -0.412. The van der Waals surface area contributed by atoms with Crippen molar-refractivity contribution in [3.8, 4) is 11.5 Å². The van der Waals surface area contributed by atoms with E-state index >= 15 is 0 Å². The monoisotopic (exact) mass is 227 g/mol. The van der Waals surface area contributed by atoms with Gasteiger partial charge in [-0.05, 0) is 45.0 Å². The number of aliphatic hydroxyl groups excluding tert-OH is 1. The van der Waals surface area contributed by atoms with Gasteiger partial charge in [0.1, 0.15) is 17.1 Å². The molecule has 0 aromatic heterocycles. The number of phenols is 1. The summed E-state index contributed by atoms with van der Waals surface area (Å²) in [5, 5.41) is 18.4. The molecule has 1 unspecified atom stereocenters. The number of aliphatic hydroxyl groups is 1. The van der Waals surface area contributed by atoms with Gasteiger partial charge >= 0.3 is 0 Å². The average molecular weight is 227 g/mol. The summed E-state index contributed by atoms with van der Waals surface area (Å²) in [6.07, 6.45) is 0.172. The fraction of sp³-hybridized carbons (Fsp3) is 0.500. The van der Waals surface area contributed by atoms with Gasteiger partial charge in [0.15, 0.2) is 0 Å². The van der Waals surface area contributed by atoms with Crippen LogP contribution in [0.15, 0.2) is 24.3 Å². The molecule has 1 rings (SSSR count). The van der Waals surface area contributed by atoms with Crippen molar-refractivity contribution in [2.24, 2.45) is 0 Å². The summed E-state index contributed by atoms with van der Waals surface area (Å²) in [5.41, 5.74) is -0.412. The molecule has 0 bridgehead atoms. The summed E-state index contributed by atoms with van der Waals surface area (Å²) in [5.74, 6) is 0.911. The molecule has 1 aromatic carbocycles. The minimum absolute atomic E-state index is 0. The van der Waals surface area contributed by atoms with Crippen LogP contribution < -0.4 is 10.9 Å². The molecule has 0 heterocycles. The molecule has 1 aromatic rings. The van der Waals surface area contributed by atoms with Crippen LogP contribution in [0.2, 0.25) is 0 Å². The molecule has 0 radical (unpaired) electrons. The summed E-state index contributed by atoms with van der Waals surface area (Å²) < 4.78 is 5.70. The largest absolute Gasteiger partial charge is 0.508 e. The molecule has 1 atom stereocenters. The van der Waals surface area contributed by atoms with Crippen molar-refractivity contribution in [1.29, 1.82) is 0 Å². The minimum Gasteiger partial charge on any atom is -0.508 e. The standard InChI is InChI=1S/C12H18O3.H3N/c1-9(13)8-12(2,3)15-11-6-4-10(14)5-7-11;/h4-7,9,13-14H,8H2,1-3H3;1H3. The Kier molecular flexibility index (Phi) is 5.27. The molecule has 5 N–H and O–H groups in total. The quantitative estimate of drug-likeness (QED) is 0.737. The van der Waals surface area contributed by atoms with Crippen LogP contribution in [0, 0.1) is 0 Å². The zero-order chi connectivity index (χ0) is 11.5. The Morgan fingerprint density at radius 2 is 1.75 bits per heavy atom. The highest BCUT2D eigenvalue weighted by Crippen LogP contribution is 2.23. The Hall–Kier alpha value is -1.26. The number of phenolic OH excluding ortho intramolecular Hbond substituents is 1. The van der Waals surface area contributed by atoms with Gasteiger partial charge in [0.2, 0.25) is 0 Å². The van der Waals surface area contributed by atoms with E-state index in [1.807, 2.05) is 13.8 Å². The number of ether oxygens (including phenoxy) is 1. The third-order valence-electron chi connectivity index (χ3n) is 2.02. The summed E-state index contributed by atoms with van der Waals surface area (Å²) in [6.45, 7) is 5.58. The maximum Gasteiger partial charge on any atom is 0.120 e. The summed E-state index contributed by atoms with van der Waals surface area (Å²) in [7, 11) is 0. The fourth-order valence-corrected chi connectivity index (χ4v) is 1.59. The highest BCUT2D eigenvalue weighted by molar-refractivity contribution is 5.30. The molecule has 0 aliphatic rings. The highest BCUT2D eigenvalue weighted by Gasteiger charge is 2.22. The van der Waals surface area contributed by atoms with Gasteiger partial charge in [0, 0.05) is 6.42 Å². The highest BCUT2D eigenvalue weighted by atomic mass is 16.5. The lowest BCUT2D eigenvalue weighted by molar-refractivity contribution is 0.0455. The van der Waals surface area contributed by atoms with Crippen LogP contribution in [0.4, 0.5) is 0 Å². The third kappa shape index (κ3) is 5.00. The predicted octanol–water partition coefficient (Wildman–Crippen LogP) is 2.48. The zero-order valence-electron chi connectivity index (χ0n) is 10.1. The Balaban J connectivity index is 0.00000225. The van der Waals surface area contributed by atoms with Crippen LogP contribution in [-0.4, -0.2) is 21.9 Å². The number of rotatable bonds is 4. The zero-order valence-corrected chi connectivity index (χ0v) is 10.1. The summed E-state index contributed by atoms with van der Waals surface area (Å²) >= 11 is 0. The second-order valence-corrected chi connectivity index (χ2v) is 4.41. The number of aromatic hydroxyl groups is 1. The van der Waals surface area contributed by atoms with E-state index in [1.165, 1.54) is 0 Å². The van der Waals surface area contributed by atoms with E-state index in [-0.39, 0.29) is 11.9 Å². The van der Waals surface area contributed by atoms with E-state index in [1.54, 1.807) is 31.2 Å². The third-order valence-corrected chi connectivity index (χ3v) is 2.02. The van der Waals surface area contributed by atoms with Crippen molar-refractivity contribution in [3.63, 3.8) is 0 Å². The van der Waals surface area contributed by atoms with Crippen molar-refractivity contribution in [3.05, 3.63) is 24.3 Å². The lowest BCUT2D eigenvalue weighted by Gasteiger charge is -2.27. The van der Waals surface area contributed by atoms with E-state index in [0.717, 1.165) is 0 Å². The molecule has 4 nitrogen and oxygen atoms in total. The van der Waals surface area contributed by atoms with Crippen molar-refractivity contribution >= 4 is 0 Å². The molecule has 0 spiro atoms. The Bertz CT molecular complexity index is 307. The van der Waals surface area contributed by atoms with E-state index < -0.39 is 11.7 Å². The lowest BCUT2D eigenvalue weighted by atomic mass is 10.0.